The second-order valence-corrected chi connectivity index (χ2v) is 4.07. The predicted molar refractivity (Wildman–Crippen MR) is 70.4 cm³/mol. The molecule has 0 aliphatic carbocycles. The Hall–Kier alpha value is -2.49. The number of ether oxygens (including phenoxy) is 1. The Morgan fingerprint density at radius 3 is 2.32 bits per heavy atom. The van der Waals surface area contributed by atoms with Crippen LogP contribution in [0.25, 0.3) is 0 Å². The number of phenols is 1. The first-order valence-electron chi connectivity index (χ1n) is 5.87. The molecule has 2 rings (SSSR count). The summed E-state index contributed by atoms with van der Waals surface area (Å²) in [5, 5.41) is 18.9. The first-order chi connectivity index (χ1) is 9.18. The number of carboxylic acids is 1. The largest absolute Gasteiger partial charge is 0.508 e. The number of benzene rings is 2. The van der Waals surface area contributed by atoms with Crippen LogP contribution in [0.1, 0.15) is 11.5 Å². The zero-order chi connectivity index (χ0) is 13.7. The molecule has 0 aromatic heterocycles. The average Bonchev–Trinajstić information content (AvgIpc) is 2.42. The molecule has 1 atom stereocenters. The van der Waals surface area contributed by atoms with Crippen molar-refractivity contribution in [2.75, 3.05) is 6.61 Å². The van der Waals surface area contributed by atoms with E-state index in [0.717, 1.165) is 0 Å². The molecule has 2 aromatic carbocycles. The topological polar surface area (TPSA) is 66.8 Å². The zero-order valence-electron chi connectivity index (χ0n) is 10.2. The second-order valence-electron chi connectivity index (χ2n) is 4.07. The van der Waals surface area contributed by atoms with Gasteiger partial charge in [0.05, 0.1) is 0 Å². The Bertz CT molecular complexity index is 551. The summed E-state index contributed by atoms with van der Waals surface area (Å²) >= 11 is 0. The quantitative estimate of drug-likeness (QED) is 0.865. The molecule has 0 saturated heterocycles. The van der Waals surface area contributed by atoms with E-state index >= 15 is 0 Å². The smallest absolute Gasteiger partial charge is 0.314 e. The molecule has 0 radical (unpaired) electrons. The molecule has 0 saturated carbocycles. The number of phenolic OH excluding ortho intramolecular Hbond substituents is 1. The maximum absolute atomic E-state index is 11.3. The van der Waals surface area contributed by atoms with Crippen LogP contribution in [-0.2, 0) is 4.79 Å². The number of aromatic hydroxyl groups is 1. The summed E-state index contributed by atoms with van der Waals surface area (Å²) in [6.07, 6.45) is 0. The summed E-state index contributed by atoms with van der Waals surface area (Å²) in [7, 11) is 0. The minimum absolute atomic E-state index is 0.0308. The molecular formula is C15H14O4. The highest BCUT2D eigenvalue weighted by Gasteiger charge is 2.23. The minimum atomic E-state index is -1.03. The van der Waals surface area contributed by atoms with Crippen LogP contribution < -0.4 is 4.74 Å². The summed E-state index contributed by atoms with van der Waals surface area (Å²) in [5.41, 5.74) is 0.353. The van der Waals surface area contributed by atoms with Crippen LogP contribution in [0.3, 0.4) is 0 Å². The standard InChI is InChI=1S/C15H14O4/c16-14-9-5-4-8-12(14)13(15(17)18)10-19-11-6-2-1-3-7-11/h1-9,13,16H,10H2,(H,17,18). The highest BCUT2D eigenvalue weighted by Crippen LogP contribution is 2.26. The Morgan fingerprint density at radius 2 is 1.68 bits per heavy atom. The van der Waals surface area contributed by atoms with Crippen LogP contribution in [0.15, 0.2) is 54.6 Å². The first-order valence-corrected chi connectivity index (χ1v) is 5.87. The van der Waals surface area contributed by atoms with Crippen LogP contribution in [0.5, 0.6) is 11.5 Å². The van der Waals surface area contributed by atoms with E-state index < -0.39 is 11.9 Å². The lowest BCUT2D eigenvalue weighted by Crippen LogP contribution is -2.19. The highest BCUT2D eigenvalue weighted by molar-refractivity contribution is 5.77. The van der Waals surface area contributed by atoms with Gasteiger partial charge in [0.15, 0.2) is 0 Å². The fourth-order valence-corrected chi connectivity index (χ4v) is 1.77. The van der Waals surface area contributed by atoms with E-state index in [-0.39, 0.29) is 12.4 Å². The van der Waals surface area contributed by atoms with Gasteiger partial charge in [-0.15, -0.1) is 0 Å². The van der Waals surface area contributed by atoms with Gasteiger partial charge < -0.3 is 14.9 Å². The van der Waals surface area contributed by atoms with Gasteiger partial charge in [-0.05, 0) is 18.2 Å². The minimum Gasteiger partial charge on any atom is -0.508 e. The molecule has 4 heteroatoms. The van der Waals surface area contributed by atoms with Gasteiger partial charge in [0.25, 0.3) is 0 Å². The van der Waals surface area contributed by atoms with E-state index in [1.165, 1.54) is 6.07 Å². The van der Waals surface area contributed by atoms with Crippen LogP contribution in [0.4, 0.5) is 0 Å². The summed E-state index contributed by atoms with van der Waals surface area (Å²) in [5.74, 6) is -1.37. The third-order valence-electron chi connectivity index (χ3n) is 2.77. The summed E-state index contributed by atoms with van der Waals surface area (Å²) in [6, 6.07) is 15.4. The monoisotopic (exact) mass is 258 g/mol. The van der Waals surface area contributed by atoms with Crippen LogP contribution in [-0.4, -0.2) is 22.8 Å². The van der Waals surface area contributed by atoms with Crippen molar-refractivity contribution in [3.63, 3.8) is 0 Å². The number of hydrogen-bond acceptors (Lipinski definition) is 3. The van der Waals surface area contributed by atoms with Crippen molar-refractivity contribution in [1.82, 2.24) is 0 Å². The van der Waals surface area contributed by atoms with E-state index in [1.807, 2.05) is 18.2 Å². The molecule has 2 N–H and O–H groups in total. The summed E-state index contributed by atoms with van der Waals surface area (Å²) < 4.78 is 5.45. The van der Waals surface area contributed by atoms with Crippen molar-refractivity contribution in [3.8, 4) is 11.5 Å². The van der Waals surface area contributed by atoms with Crippen molar-refractivity contribution in [2.24, 2.45) is 0 Å². The Kier molecular flexibility index (Phi) is 4.03. The van der Waals surface area contributed by atoms with Crippen LogP contribution in [0.2, 0.25) is 0 Å². The normalized spacial score (nSPS) is 11.8. The molecule has 4 nitrogen and oxygen atoms in total. The maximum atomic E-state index is 11.3. The van der Waals surface area contributed by atoms with E-state index in [4.69, 9.17) is 4.74 Å². The molecule has 0 aliphatic heterocycles. The summed E-state index contributed by atoms with van der Waals surface area (Å²) in [6.45, 7) is -0.0308. The van der Waals surface area contributed by atoms with Gasteiger partial charge in [-0.2, -0.15) is 0 Å². The van der Waals surface area contributed by atoms with Gasteiger partial charge in [-0.3, -0.25) is 4.79 Å². The molecule has 1 unspecified atom stereocenters. The number of rotatable bonds is 5. The third kappa shape index (κ3) is 3.25. The van der Waals surface area contributed by atoms with E-state index in [2.05, 4.69) is 0 Å². The van der Waals surface area contributed by atoms with Crippen molar-refractivity contribution in [2.45, 2.75) is 5.92 Å². The number of aliphatic carboxylic acids is 1. The molecule has 98 valence electrons. The lowest BCUT2D eigenvalue weighted by atomic mass is 9.99. The van der Waals surface area contributed by atoms with Crippen molar-refractivity contribution < 1.29 is 19.7 Å². The van der Waals surface area contributed by atoms with Crippen molar-refractivity contribution in [3.05, 3.63) is 60.2 Å². The average molecular weight is 258 g/mol. The fourth-order valence-electron chi connectivity index (χ4n) is 1.77. The maximum Gasteiger partial charge on any atom is 0.314 e. The molecule has 0 fully saturated rings. The molecule has 0 aliphatic rings. The predicted octanol–water partition coefficient (Wildman–Crippen LogP) is 2.64. The SMILES string of the molecule is O=C(O)C(COc1ccccc1)c1ccccc1O. The van der Waals surface area contributed by atoms with Gasteiger partial charge in [0.2, 0.25) is 0 Å². The van der Waals surface area contributed by atoms with E-state index in [1.54, 1.807) is 30.3 Å². The molecule has 0 heterocycles. The molecule has 2 aromatic rings. The first kappa shape index (κ1) is 13.0. The zero-order valence-corrected chi connectivity index (χ0v) is 10.2. The van der Waals surface area contributed by atoms with Gasteiger partial charge in [-0.25, -0.2) is 0 Å². The number of hydrogen-bond donors (Lipinski definition) is 2. The number of para-hydroxylation sites is 2. The van der Waals surface area contributed by atoms with Crippen LogP contribution in [0, 0.1) is 0 Å². The van der Waals surface area contributed by atoms with Crippen molar-refractivity contribution >= 4 is 5.97 Å². The van der Waals surface area contributed by atoms with Gasteiger partial charge >= 0.3 is 5.97 Å². The molecule has 19 heavy (non-hydrogen) atoms. The molecule has 0 spiro atoms. The van der Waals surface area contributed by atoms with Gasteiger partial charge in [-0.1, -0.05) is 36.4 Å². The number of carboxylic acid groups (broad SMARTS) is 1. The third-order valence-corrected chi connectivity index (χ3v) is 2.77. The Morgan fingerprint density at radius 1 is 1.05 bits per heavy atom. The van der Waals surface area contributed by atoms with Gasteiger partial charge in [0, 0.05) is 5.56 Å². The fraction of sp³-hybridized carbons (Fsp3) is 0.133. The lowest BCUT2D eigenvalue weighted by molar-refractivity contribution is -0.139. The number of carbonyl (C=O) groups is 1. The highest BCUT2D eigenvalue weighted by atomic mass is 16.5. The molecule has 0 bridgehead atoms. The molecule has 0 amide bonds. The Labute approximate surface area is 110 Å². The van der Waals surface area contributed by atoms with E-state index in [9.17, 15) is 15.0 Å². The van der Waals surface area contributed by atoms with Crippen molar-refractivity contribution in [1.29, 1.82) is 0 Å². The lowest BCUT2D eigenvalue weighted by Gasteiger charge is -2.15. The Balaban J connectivity index is 2.14. The summed E-state index contributed by atoms with van der Waals surface area (Å²) in [4.78, 5) is 11.3. The van der Waals surface area contributed by atoms with Gasteiger partial charge in [0.1, 0.15) is 24.0 Å². The molecular weight excluding hydrogens is 244 g/mol. The van der Waals surface area contributed by atoms with Crippen LogP contribution >= 0.6 is 0 Å². The second kappa shape index (κ2) is 5.91. The van der Waals surface area contributed by atoms with E-state index in [0.29, 0.717) is 11.3 Å².